The maximum Gasteiger partial charge on any atom is 0.255 e. The van der Waals surface area contributed by atoms with Crippen LogP contribution in [0.15, 0.2) is 18.3 Å². The molecule has 0 spiro atoms. The van der Waals surface area contributed by atoms with Crippen molar-refractivity contribution in [3.05, 3.63) is 23.9 Å². The summed E-state index contributed by atoms with van der Waals surface area (Å²) < 4.78 is 0. The van der Waals surface area contributed by atoms with E-state index in [0.717, 1.165) is 25.2 Å². The van der Waals surface area contributed by atoms with Gasteiger partial charge in [-0.25, -0.2) is 4.98 Å². The molecule has 1 saturated heterocycles. The van der Waals surface area contributed by atoms with Crippen molar-refractivity contribution in [2.24, 2.45) is 11.8 Å². The average Bonchev–Trinajstić information content (AvgIpc) is 3.43. The van der Waals surface area contributed by atoms with Crippen molar-refractivity contribution in [2.45, 2.75) is 25.7 Å². The highest BCUT2D eigenvalue weighted by atomic mass is 16.2. The molecule has 0 aromatic carbocycles. The van der Waals surface area contributed by atoms with Crippen LogP contribution in [0.5, 0.6) is 0 Å². The lowest BCUT2D eigenvalue weighted by atomic mass is 9.96. The van der Waals surface area contributed by atoms with Crippen LogP contribution in [-0.2, 0) is 4.79 Å². The minimum atomic E-state index is -0.0875. The second kappa shape index (κ2) is 7.20. The van der Waals surface area contributed by atoms with E-state index in [9.17, 15) is 9.59 Å². The molecule has 1 aliphatic heterocycles. The van der Waals surface area contributed by atoms with Crippen LogP contribution in [0.25, 0.3) is 0 Å². The van der Waals surface area contributed by atoms with Crippen LogP contribution >= 0.6 is 0 Å². The lowest BCUT2D eigenvalue weighted by molar-refractivity contribution is -0.126. The number of rotatable bonds is 5. The molecule has 1 saturated carbocycles. The molecule has 1 aliphatic carbocycles. The first-order chi connectivity index (χ1) is 11.5. The Bertz CT molecular complexity index is 596. The van der Waals surface area contributed by atoms with Gasteiger partial charge < -0.3 is 15.1 Å². The number of anilines is 1. The van der Waals surface area contributed by atoms with Gasteiger partial charge in [0.1, 0.15) is 5.82 Å². The Kier molecular flexibility index (Phi) is 5.02. The molecule has 6 nitrogen and oxygen atoms in total. The third-order valence-corrected chi connectivity index (χ3v) is 4.79. The van der Waals surface area contributed by atoms with Crippen LogP contribution in [-0.4, -0.2) is 55.4 Å². The van der Waals surface area contributed by atoms with Gasteiger partial charge in [-0.3, -0.25) is 9.59 Å². The molecule has 1 N–H and O–H groups in total. The number of carbonyl (C=O) groups excluding carboxylic acids is 2. The summed E-state index contributed by atoms with van der Waals surface area (Å²) in [5.41, 5.74) is 0.583. The monoisotopic (exact) mass is 330 g/mol. The van der Waals surface area contributed by atoms with Crippen molar-refractivity contribution >= 4 is 17.6 Å². The second-order valence-corrected chi connectivity index (χ2v) is 7.08. The maximum absolute atomic E-state index is 12.7. The number of hydrogen-bond acceptors (Lipinski definition) is 4. The van der Waals surface area contributed by atoms with Crippen LogP contribution in [0.1, 0.15) is 36.0 Å². The summed E-state index contributed by atoms with van der Waals surface area (Å²) in [4.78, 5) is 32.9. The van der Waals surface area contributed by atoms with Crippen molar-refractivity contribution < 1.29 is 9.59 Å². The van der Waals surface area contributed by atoms with Crippen LogP contribution in [0.2, 0.25) is 0 Å². The molecule has 1 atom stereocenters. The molecular weight excluding hydrogens is 304 g/mol. The molecule has 1 aromatic heterocycles. The first kappa shape index (κ1) is 16.7. The van der Waals surface area contributed by atoms with E-state index in [0.29, 0.717) is 24.6 Å². The number of amides is 2. The van der Waals surface area contributed by atoms with Crippen LogP contribution < -0.4 is 10.2 Å². The summed E-state index contributed by atoms with van der Waals surface area (Å²) in [6.45, 7) is 2.00. The number of carbonyl (C=O) groups is 2. The molecule has 1 unspecified atom stereocenters. The van der Waals surface area contributed by atoms with E-state index in [1.54, 1.807) is 17.2 Å². The number of aromatic nitrogens is 1. The second-order valence-electron chi connectivity index (χ2n) is 7.08. The Balaban J connectivity index is 1.58. The number of hydrogen-bond donors (Lipinski definition) is 1. The highest BCUT2D eigenvalue weighted by Gasteiger charge is 2.30. The molecule has 3 rings (SSSR count). The molecule has 2 amide bonds. The minimum absolute atomic E-state index is 0.0347. The summed E-state index contributed by atoms with van der Waals surface area (Å²) in [6, 6.07) is 3.65. The lowest BCUT2D eigenvalue weighted by Gasteiger charge is -2.32. The molecule has 6 heteroatoms. The Morgan fingerprint density at radius 1 is 1.29 bits per heavy atom. The third kappa shape index (κ3) is 4.04. The van der Waals surface area contributed by atoms with E-state index >= 15 is 0 Å². The number of nitrogens with one attached hydrogen (secondary N) is 1. The summed E-state index contributed by atoms with van der Waals surface area (Å²) in [5.74, 6) is 1.47. The van der Waals surface area contributed by atoms with E-state index < -0.39 is 0 Å². The van der Waals surface area contributed by atoms with Gasteiger partial charge in [0.15, 0.2) is 0 Å². The quantitative estimate of drug-likeness (QED) is 0.889. The topological polar surface area (TPSA) is 65.5 Å². The van der Waals surface area contributed by atoms with Gasteiger partial charge in [0.25, 0.3) is 5.91 Å². The van der Waals surface area contributed by atoms with E-state index in [2.05, 4.69) is 10.3 Å². The van der Waals surface area contributed by atoms with Gasteiger partial charge in [-0.1, -0.05) is 0 Å². The molecule has 2 heterocycles. The molecule has 2 aliphatic rings. The molecular formula is C18H26N4O2. The summed E-state index contributed by atoms with van der Waals surface area (Å²) in [5, 5.41) is 3.04. The maximum atomic E-state index is 12.7. The van der Waals surface area contributed by atoms with Gasteiger partial charge in [0, 0.05) is 39.9 Å². The largest absolute Gasteiger partial charge is 0.363 e. The van der Waals surface area contributed by atoms with Gasteiger partial charge in [0.2, 0.25) is 5.91 Å². The van der Waals surface area contributed by atoms with Crippen molar-refractivity contribution in [2.75, 3.05) is 38.6 Å². The van der Waals surface area contributed by atoms with E-state index in [1.807, 2.05) is 25.1 Å². The van der Waals surface area contributed by atoms with Crippen molar-refractivity contribution in [1.29, 1.82) is 0 Å². The SMILES string of the molecule is CN(C)c1ccc(C(=O)N2CCCC(C(=O)NCC3CC3)C2)cn1. The number of nitrogens with zero attached hydrogens (tertiary/aromatic N) is 3. The van der Waals surface area contributed by atoms with E-state index in [4.69, 9.17) is 0 Å². The van der Waals surface area contributed by atoms with Crippen molar-refractivity contribution in [1.82, 2.24) is 15.2 Å². The third-order valence-electron chi connectivity index (χ3n) is 4.79. The van der Waals surface area contributed by atoms with Crippen LogP contribution in [0.3, 0.4) is 0 Å². The molecule has 24 heavy (non-hydrogen) atoms. The lowest BCUT2D eigenvalue weighted by Crippen LogP contribution is -2.45. The highest BCUT2D eigenvalue weighted by Crippen LogP contribution is 2.28. The average molecular weight is 330 g/mol. The zero-order chi connectivity index (χ0) is 17.1. The van der Waals surface area contributed by atoms with Crippen LogP contribution in [0.4, 0.5) is 5.82 Å². The zero-order valence-electron chi connectivity index (χ0n) is 14.5. The first-order valence-corrected chi connectivity index (χ1v) is 8.75. The van der Waals surface area contributed by atoms with Gasteiger partial charge in [0.05, 0.1) is 11.5 Å². The normalized spacial score (nSPS) is 20.6. The van der Waals surface area contributed by atoms with Gasteiger partial charge >= 0.3 is 0 Å². The predicted octanol–water partition coefficient (Wildman–Crippen LogP) is 1.53. The Morgan fingerprint density at radius 2 is 2.08 bits per heavy atom. The summed E-state index contributed by atoms with van der Waals surface area (Å²) in [6.07, 6.45) is 5.81. The number of likely N-dealkylation sites (tertiary alicyclic amines) is 1. The smallest absolute Gasteiger partial charge is 0.255 e. The Hall–Kier alpha value is -2.11. The van der Waals surface area contributed by atoms with Crippen molar-refractivity contribution in [3.8, 4) is 0 Å². The standard InChI is InChI=1S/C18H26N4O2/c1-21(2)16-8-7-14(11-19-16)18(24)22-9-3-4-15(12-22)17(23)20-10-13-5-6-13/h7-8,11,13,15H,3-6,9-10,12H2,1-2H3,(H,20,23). The first-order valence-electron chi connectivity index (χ1n) is 8.75. The van der Waals surface area contributed by atoms with Gasteiger partial charge in [-0.15, -0.1) is 0 Å². The fraction of sp³-hybridized carbons (Fsp3) is 0.611. The molecule has 0 bridgehead atoms. The molecule has 130 valence electrons. The van der Waals surface area contributed by atoms with E-state index in [1.165, 1.54) is 12.8 Å². The van der Waals surface area contributed by atoms with Crippen molar-refractivity contribution in [3.63, 3.8) is 0 Å². The van der Waals surface area contributed by atoms with Gasteiger partial charge in [-0.05, 0) is 43.7 Å². The summed E-state index contributed by atoms with van der Waals surface area (Å²) in [7, 11) is 3.83. The highest BCUT2D eigenvalue weighted by molar-refractivity contribution is 5.94. The number of piperidine rings is 1. The number of pyridine rings is 1. The fourth-order valence-corrected chi connectivity index (χ4v) is 3.05. The predicted molar refractivity (Wildman–Crippen MR) is 92.9 cm³/mol. The molecule has 0 radical (unpaired) electrons. The summed E-state index contributed by atoms with van der Waals surface area (Å²) >= 11 is 0. The van der Waals surface area contributed by atoms with Crippen LogP contribution in [0, 0.1) is 11.8 Å². The molecule has 2 fully saturated rings. The minimum Gasteiger partial charge on any atom is -0.363 e. The van der Waals surface area contributed by atoms with Gasteiger partial charge in [-0.2, -0.15) is 0 Å². The Labute approximate surface area is 143 Å². The van der Waals surface area contributed by atoms with E-state index in [-0.39, 0.29) is 17.7 Å². The Morgan fingerprint density at radius 3 is 2.71 bits per heavy atom. The molecule has 1 aromatic rings. The fourth-order valence-electron chi connectivity index (χ4n) is 3.05. The zero-order valence-corrected chi connectivity index (χ0v) is 14.5.